The Morgan fingerprint density at radius 2 is 2.20 bits per heavy atom. The van der Waals surface area contributed by atoms with Crippen molar-refractivity contribution in [3.8, 4) is 0 Å². The van der Waals surface area contributed by atoms with Crippen LogP contribution in [0, 0.1) is 6.92 Å². The van der Waals surface area contributed by atoms with Crippen LogP contribution in [0.3, 0.4) is 0 Å². The second-order valence-electron chi connectivity index (χ2n) is 3.30. The molecule has 0 radical (unpaired) electrons. The van der Waals surface area contributed by atoms with Crippen LogP contribution in [-0.4, -0.2) is 24.1 Å². The van der Waals surface area contributed by atoms with Gasteiger partial charge < -0.3 is 15.1 Å². The van der Waals surface area contributed by atoms with Crippen molar-refractivity contribution in [1.82, 2.24) is 15.6 Å². The number of aryl methyl sites for hydroxylation is 1. The van der Waals surface area contributed by atoms with Gasteiger partial charge >= 0.3 is 6.03 Å². The molecule has 2 amide bonds. The highest BCUT2D eigenvalue weighted by Crippen LogP contribution is 2.00. The standard InChI is InChI=1S/C10H17N3O2/c1-3-5-11-10(14)12-6-4-9-13-7-8(2)15-9/h7H,3-6H2,1-2H3,(H2,11,12,14). The number of hydrogen-bond acceptors (Lipinski definition) is 3. The maximum absolute atomic E-state index is 11.1. The van der Waals surface area contributed by atoms with E-state index in [1.807, 2.05) is 13.8 Å². The van der Waals surface area contributed by atoms with Crippen LogP contribution in [0.5, 0.6) is 0 Å². The molecule has 0 atom stereocenters. The summed E-state index contributed by atoms with van der Waals surface area (Å²) in [5, 5.41) is 5.45. The highest BCUT2D eigenvalue weighted by Gasteiger charge is 2.02. The van der Waals surface area contributed by atoms with Crippen molar-refractivity contribution in [3.63, 3.8) is 0 Å². The molecule has 1 aromatic heterocycles. The zero-order valence-electron chi connectivity index (χ0n) is 9.17. The van der Waals surface area contributed by atoms with Crippen molar-refractivity contribution >= 4 is 6.03 Å². The average Bonchev–Trinajstić information content (AvgIpc) is 2.61. The number of hydrogen-bond donors (Lipinski definition) is 2. The highest BCUT2D eigenvalue weighted by molar-refractivity contribution is 5.73. The molecule has 5 nitrogen and oxygen atoms in total. The predicted octanol–water partition coefficient (Wildman–Crippen LogP) is 1.23. The first-order chi connectivity index (χ1) is 7.22. The molecule has 1 heterocycles. The van der Waals surface area contributed by atoms with Crippen LogP contribution in [0.15, 0.2) is 10.6 Å². The molecule has 0 aliphatic carbocycles. The van der Waals surface area contributed by atoms with E-state index in [1.165, 1.54) is 0 Å². The van der Waals surface area contributed by atoms with Gasteiger partial charge in [0.15, 0.2) is 5.89 Å². The number of oxazole rings is 1. The molecule has 15 heavy (non-hydrogen) atoms. The van der Waals surface area contributed by atoms with Crippen molar-refractivity contribution in [2.24, 2.45) is 0 Å². The maximum Gasteiger partial charge on any atom is 0.314 e. The summed E-state index contributed by atoms with van der Waals surface area (Å²) in [4.78, 5) is 15.2. The van der Waals surface area contributed by atoms with E-state index in [9.17, 15) is 4.79 Å². The van der Waals surface area contributed by atoms with Crippen LogP contribution >= 0.6 is 0 Å². The summed E-state index contributed by atoms with van der Waals surface area (Å²) in [6.45, 7) is 5.09. The molecule has 0 aromatic carbocycles. The van der Waals surface area contributed by atoms with Gasteiger partial charge in [-0.3, -0.25) is 0 Å². The highest BCUT2D eigenvalue weighted by atomic mass is 16.4. The van der Waals surface area contributed by atoms with Crippen molar-refractivity contribution < 1.29 is 9.21 Å². The normalized spacial score (nSPS) is 10.0. The number of amides is 2. The van der Waals surface area contributed by atoms with Crippen LogP contribution in [0.4, 0.5) is 4.79 Å². The molecule has 0 aliphatic rings. The first-order valence-corrected chi connectivity index (χ1v) is 5.15. The van der Waals surface area contributed by atoms with Gasteiger partial charge in [-0.25, -0.2) is 9.78 Å². The van der Waals surface area contributed by atoms with E-state index in [-0.39, 0.29) is 6.03 Å². The number of carbonyl (C=O) groups excluding carboxylic acids is 1. The summed E-state index contributed by atoms with van der Waals surface area (Å²) < 4.78 is 5.26. The van der Waals surface area contributed by atoms with E-state index in [4.69, 9.17) is 4.42 Å². The van der Waals surface area contributed by atoms with Gasteiger partial charge in [-0.05, 0) is 13.3 Å². The van der Waals surface area contributed by atoms with Gasteiger partial charge in [0, 0.05) is 19.5 Å². The Hall–Kier alpha value is -1.52. The quantitative estimate of drug-likeness (QED) is 0.769. The monoisotopic (exact) mass is 211 g/mol. The van der Waals surface area contributed by atoms with E-state index in [1.54, 1.807) is 6.20 Å². The summed E-state index contributed by atoms with van der Waals surface area (Å²) in [5.74, 6) is 1.45. The fraction of sp³-hybridized carbons (Fsp3) is 0.600. The van der Waals surface area contributed by atoms with Crippen molar-refractivity contribution in [3.05, 3.63) is 17.8 Å². The van der Waals surface area contributed by atoms with E-state index < -0.39 is 0 Å². The summed E-state index contributed by atoms with van der Waals surface area (Å²) in [6, 6.07) is -0.139. The van der Waals surface area contributed by atoms with Gasteiger partial charge in [0.05, 0.1) is 6.20 Å². The summed E-state index contributed by atoms with van der Waals surface area (Å²) >= 11 is 0. The van der Waals surface area contributed by atoms with Gasteiger partial charge in [-0.2, -0.15) is 0 Å². The topological polar surface area (TPSA) is 67.2 Å². The third-order valence-corrected chi connectivity index (χ3v) is 1.83. The van der Waals surface area contributed by atoms with Gasteiger partial charge in [-0.1, -0.05) is 6.92 Å². The Morgan fingerprint density at radius 1 is 1.47 bits per heavy atom. The lowest BCUT2D eigenvalue weighted by Gasteiger charge is -2.04. The lowest BCUT2D eigenvalue weighted by molar-refractivity contribution is 0.241. The zero-order chi connectivity index (χ0) is 11.1. The lowest BCUT2D eigenvalue weighted by Crippen LogP contribution is -2.36. The second-order valence-corrected chi connectivity index (χ2v) is 3.30. The number of nitrogens with one attached hydrogen (secondary N) is 2. The summed E-state index contributed by atoms with van der Waals surface area (Å²) in [6.07, 6.45) is 3.23. The lowest BCUT2D eigenvalue weighted by atomic mass is 10.4. The minimum atomic E-state index is -0.139. The fourth-order valence-electron chi connectivity index (χ4n) is 1.10. The molecule has 84 valence electrons. The number of rotatable bonds is 5. The fourth-order valence-corrected chi connectivity index (χ4v) is 1.10. The van der Waals surface area contributed by atoms with E-state index in [0.717, 1.165) is 12.2 Å². The minimum Gasteiger partial charge on any atom is -0.446 e. The molecule has 0 unspecified atom stereocenters. The molecule has 2 N–H and O–H groups in total. The van der Waals surface area contributed by atoms with E-state index in [0.29, 0.717) is 25.4 Å². The van der Waals surface area contributed by atoms with Gasteiger partial charge in [0.25, 0.3) is 0 Å². The van der Waals surface area contributed by atoms with E-state index >= 15 is 0 Å². The molecule has 0 saturated carbocycles. The molecule has 0 aliphatic heterocycles. The van der Waals surface area contributed by atoms with Gasteiger partial charge in [0.2, 0.25) is 0 Å². The number of carbonyl (C=O) groups is 1. The molecule has 0 spiro atoms. The first kappa shape index (κ1) is 11.6. The van der Waals surface area contributed by atoms with Crippen LogP contribution in [-0.2, 0) is 6.42 Å². The maximum atomic E-state index is 11.1. The van der Waals surface area contributed by atoms with Gasteiger partial charge in [-0.15, -0.1) is 0 Å². The molecular weight excluding hydrogens is 194 g/mol. The third-order valence-electron chi connectivity index (χ3n) is 1.83. The van der Waals surface area contributed by atoms with Crippen LogP contribution in [0.1, 0.15) is 25.0 Å². The molecular formula is C10H17N3O2. The number of aromatic nitrogens is 1. The minimum absolute atomic E-state index is 0.139. The SMILES string of the molecule is CCCNC(=O)NCCc1ncc(C)o1. The molecule has 0 fully saturated rings. The zero-order valence-corrected chi connectivity index (χ0v) is 9.17. The van der Waals surface area contributed by atoms with Crippen LogP contribution in [0.25, 0.3) is 0 Å². The molecule has 0 saturated heterocycles. The van der Waals surface area contributed by atoms with Crippen molar-refractivity contribution in [2.45, 2.75) is 26.7 Å². The van der Waals surface area contributed by atoms with Crippen molar-refractivity contribution in [2.75, 3.05) is 13.1 Å². The predicted molar refractivity (Wildman–Crippen MR) is 56.6 cm³/mol. The number of nitrogens with zero attached hydrogens (tertiary/aromatic N) is 1. The molecule has 5 heteroatoms. The first-order valence-electron chi connectivity index (χ1n) is 5.15. The Morgan fingerprint density at radius 3 is 2.80 bits per heavy atom. The molecule has 0 bridgehead atoms. The van der Waals surface area contributed by atoms with Crippen LogP contribution in [0.2, 0.25) is 0 Å². The summed E-state index contributed by atoms with van der Waals surface area (Å²) in [7, 11) is 0. The molecule has 1 rings (SSSR count). The third kappa shape index (κ3) is 4.49. The van der Waals surface area contributed by atoms with Crippen LogP contribution < -0.4 is 10.6 Å². The van der Waals surface area contributed by atoms with Crippen molar-refractivity contribution in [1.29, 1.82) is 0 Å². The molecule has 1 aromatic rings. The smallest absolute Gasteiger partial charge is 0.314 e. The average molecular weight is 211 g/mol. The second kappa shape index (κ2) is 6.06. The van der Waals surface area contributed by atoms with E-state index in [2.05, 4.69) is 15.6 Å². The Kier molecular flexibility index (Phi) is 4.66. The Bertz CT molecular complexity index is 309. The Balaban J connectivity index is 2.13. The Labute approximate surface area is 89.3 Å². The summed E-state index contributed by atoms with van der Waals surface area (Å²) in [5.41, 5.74) is 0. The number of urea groups is 1. The largest absolute Gasteiger partial charge is 0.446 e. The van der Waals surface area contributed by atoms with Gasteiger partial charge in [0.1, 0.15) is 5.76 Å².